The first kappa shape index (κ1) is 15.9. The van der Waals surface area contributed by atoms with Crippen LogP contribution in [0.4, 0.5) is 0 Å². The summed E-state index contributed by atoms with van der Waals surface area (Å²) in [5.74, 6) is -3.39. The van der Waals surface area contributed by atoms with Crippen LogP contribution in [0.25, 0.3) is 0 Å². The number of carboxylic acids is 1. The molecule has 0 aromatic heterocycles. The number of Topliss-reactive ketones (excluding diaryl/α,β-unsaturated/α-hetero) is 1. The third-order valence-electron chi connectivity index (χ3n) is 2.03. The minimum absolute atomic E-state index is 0.975. The van der Waals surface area contributed by atoms with Crippen LogP contribution in [0, 0.1) is 0 Å². The van der Waals surface area contributed by atoms with E-state index >= 15 is 0 Å². The Morgan fingerprint density at radius 1 is 0.882 bits per heavy atom. The average molecular weight is 254 g/mol. The summed E-state index contributed by atoms with van der Waals surface area (Å²) in [6, 6.07) is 0. The van der Waals surface area contributed by atoms with E-state index in [4.69, 9.17) is 35.7 Å². The molecular formula is C8H14O9. The maximum Gasteiger partial charge on any atom is 0.335 e. The summed E-state index contributed by atoms with van der Waals surface area (Å²) >= 11 is 0. The minimum atomic E-state index is -2.42. The van der Waals surface area contributed by atoms with Crippen LogP contribution in [0.3, 0.4) is 0 Å². The Kier molecular flexibility index (Phi) is 6.16. The average Bonchev–Trinajstić information content (AvgIpc) is 2.32. The lowest BCUT2D eigenvalue weighted by Gasteiger charge is -2.22. The van der Waals surface area contributed by atoms with Crippen LogP contribution in [0.15, 0.2) is 0 Å². The zero-order valence-corrected chi connectivity index (χ0v) is 8.54. The van der Waals surface area contributed by atoms with E-state index in [0.29, 0.717) is 0 Å². The number of hydrogen-bond acceptors (Lipinski definition) is 8. The molecule has 5 unspecified atom stereocenters. The summed E-state index contributed by atoms with van der Waals surface area (Å²) < 4.78 is 0. The van der Waals surface area contributed by atoms with E-state index < -0.39 is 48.9 Å². The third-order valence-corrected chi connectivity index (χ3v) is 2.03. The van der Waals surface area contributed by atoms with Crippen LogP contribution in [0.5, 0.6) is 0 Å². The summed E-state index contributed by atoms with van der Waals surface area (Å²) in [5, 5.41) is 61.7. The molecule has 0 aromatic carbocycles. The van der Waals surface area contributed by atoms with Gasteiger partial charge in [-0.2, -0.15) is 0 Å². The van der Waals surface area contributed by atoms with Gasteiger partial charge < -0.3 is 35.7 Å². The van der Waals surface area contributed by atoms with Crippen molar-refractivity contribution in [3.8, 4) is 0 Å². The van der Waals surface area contributed by atoms with Gasteiger partial charge in [0.25, 0.3) is 0 Å². The lowest BCUT2D eigenvalue weighted by Crippen LogP contribution is -2.51. The number of ketones is 1. The van der Waals surface area contributed by atoms with Crippen LogP contribution in [0.2, 0.25) is 0 Å². The topological polar surface area (TPSA) is 176 Å². The predicted molar refractivity (Wildman–Crippen MR) is 49.8 cm³/mol. The van der Waals surface area contributed by atoms with Crippen LogP contribution in [0.1, 0.15) is 0 Å². The van der Waals surface area contributed by atoms with E-state index in [2.05, 4.69) is 0 Å². The Balaban J connectivity index is 4.64. The fourth-order valence-electron chi connectivity index (χ4n) is 0.951. The van der Waals surface area contributed by atoms with Crippen molar-refractivity contribution in [3.63, 3.8) is 0 Å². The highest BCUT2D eigenvalue weighted by Crippen LogP contribution is 2.07. The zero-order chi connectivity index (χ0) is 13.7. The van der Waals surface area contributed by atoms with Crippen molar-refractivity contribution in [2.75, 3.05) is 6.61 Å². The first-order valence-corrected chi connectivity index (χ1v) is 4.51. The molecular weight excluding hydrogens is 240 g/mol. The summed E-state index contributed by atoms with van der Waals surface area (Å²) in [7, 11) is 0. The molecule has 0 radical (unpaired) electrons. The molecule has 5 atom stereocenters. The van der Waals surface area contributed by atoms with Crippen LogP contribution < -0.4 is 0 Å². The predicted octanol–water partition coefficient (Wildman–Crippen LogP) is -4.56. The van der Waals surface area contributed by atoms with Crippen molar-refractivity contribution in [2.45, 2.75) is 30.5 Å². The summed E-state index contributed by atoms with van der Waals surface area (Å²) in [6.07, 6.45) is -11.3. The second-order valence-electron chi connectivity index (χ2n) is 3.32. The van der Waals surface area contributed by atoms with E-state index in [1.54, 1.807) is 0 Å². The molecule has 17 heavy (non-hydrogen) atoms. The molecule has 9 nitrogen and oxygen atoms in total. The zero-order valence-electron chi connectivity index (χ0n) is 8.54. The molecule has 0 fully saturated rings. The van der Waals surface area contributed by atoms with Crippen LogP contribution in [-0.4, -0.2) is 84.6 Å². The first-order valence-electron chi connectivity index (χ1n) is 4.51. The molecule has 0 saturated heterocycles. The molecule has 0 bridgehead atoms. The summed E-state index contributed by atoms with van der Waals surface area (Å²) in [5.41, 5.74) is 0. The summed E-state index contributed by atoms with van der Waals surface area (Å²) in [4.78, 5) is 21.4. The van der Waals surface area contributed by atoms with Gasteiger partial charge in [0, 0.05) is 0 Å². The standard InChI is InChI=1S/C8H14O9/c9-1-2(10)3(11)4(12)5(13)6(14)7(15)8(16)17/h2-3,5-7,9-11,13-15H,1H2,(H,16,17). The number of aliphatic carboxylic acids is 1. The molecule has 9 heteroatoms. The van der Waals surface area contributed by atoms with Gasteiger partial charge in [0.05, 0.1) is 6.61 Å². The molecule has 0 aromatic rings. The quantitative estimate of drug-likeness (QED) is 0.236. The molecule has 7 N–H and O–H groups in total. The summed E-state index contributed by atoms with van der Waals surface area (Å²) in [6.45, 7) is -0.975. The molecule has 0 heterocycles. The Morgan fingerprint density at radius 3 is 1.71 bits per heavy atom. The molecule has 0 aliphatic carbocycles. The number of hydrogen-bond donors (Lipinski definition) is 7. The fourth-order valence-corrected chi connectivity index (χ4v) is 0.951. The van der Waals surface area contributed by atoms with Gasteiger partial charge in [-0.1, -0.05) is 0 Å². The van der Waals surface area contributed by atoms with Gasteiger partial charge in [-0.3, -0.25) is 4.79 Å². The Hall–Kier alpha value is -1.10. The van der Waals surface area contributed by atoms with Crippen molar-refractivity contribution < 1.29 is 45.3 Å². The lowest BCUT2D eigenvalue weighted by atomic mass is 9.98. The molecule has 0 saturated carbocycles. The van der Waals surface area contributed by atoms with Crippen LogP contribution in [-0.2, 0) is 9.59 Å². The van der Waals surface area contributed by atoms with Gasteiger partial charge in [0.1, 0.15) is 24.4 Å². The number of carbonyl (C=O) groups is 2. The molecule has 0 spiro atoms. The number of carboxylic acid groups (broad SMARTS) is 1. The van der Waals surface area contributed by atoms with Crippen molar-refractivity contribution in [1.29, 1.82) is 0 Å². The van der Waals surface area contributed by atoms with E-state index in [0.717, 1.165) is 0 Å². The van der Waals surface area contributed by atoms with Crippen LogP contribution >= 0.6 is 0 Å². The number of rotatable bonds is 7. The number of carbonyl (C=O) groups excluding carboxylic acids is 1. The minimum Gasteiger partial charge on any atom is -0.479 e. The van der Waals surface area contributed by atoms with Crippen molar-refractivity contribution in [3.05, 3.63) is 0 Å². The van der Waals surface area contributed by atoms with E-state index in [1.807, 2.05) is 0 Å². The maximum atomic E-state index is 11.2. The lowest BCUT2D eigenvalue weighted by molar-refractivity contribution is -0.165. The second kappa shape index (κ2) is 6.59. The highest BCUT2D eigenvalue weighted by atomic mass is 16.4. The monoisotopic (exact) mass is 254 g/mol. The van der Waals surface area contributed by atoms with Gasteiger partial charge >= 0.3 is 5.97 Å². The molecule has 0 aliphatic rings. The Labute approximate surface area is 95.2 Å². The largest absolute Gasteiger partial charge is 0.479 e. The molecule has 0 rings (SSSR count). The Bertz CT molecular complexity index is 278. The highest BCUT2D eigenvalue weighted by Gasteiger charge is 2.38. The Morgan fingerprint density at radius 2 is 1.35 bits per heavy atom. The normalized spacial score (nSPS) is 20.1. The molecule has 100 valence electrons. The second-order valence-corrected chi connectivity index (χ2v) is 3.32. The smallest absolute Gasteiger partial charge is 0.335 e. The highest BCUT2D eigenvalue weighted by molar-refractivity contribution is 5.89. The van der Waals surface area contributed by atoms with Gasteiger partial charge in [0.2, 0.25) is 0 Å². The molecule has 0 amide bonds. The molecule has 0 aliphatic heterocycles. The van der Waals surface area contributed by atoms with Gasteiger partial charge in [-0.15, -0.1) is 0 Å². The van der Waals surface area contributed by atoms with E-state index in [1.165, 1.54) is 0 Å². The maximum absolute atomic E-state index is 11.2. The van der Waals surface area contributed by atoms with Gasteiger partial charge in [0.15, 0.2) is 11.9 Å². The van der Waals surface area contributed by atoms with Gasteiger partial charge in [-0.25, -0.2) is 4.79 Å². The SMILES string of the molecule is O=C(O)C(O)C(O)C(O)C(=O)C(O)C(O)CO. The number of aliphatic hydroxyl groups excluding tert-OH is 6. The third kappa shape index (κ3) is 4.00. The van der Waals surface area contributed by atoms with Crippen molar-refractivity contribution in [1.82, 2.24) is 0 Å². The van der Waals surface area contributed by atoms with E-state index in [9.17, 15) is 9.59 Å². The van der Waals surface area contributed by atoms with Crippen molar-refractivity contribution in [2.24, 2.45) is 0 Å². The fraction of sp³-hybridized carbons (Fsp3) is 0.750. The van der Waals surface area contributed by atoms with Crippen molar-refractivity contribution >= 4 is 11.8 Å². The van der Waals surface area contributed by atoms with Gasteiger partial charge in [-0.05, 0) is 0 Å². The van der Waals surface area contributed by atoms with E-state index in [-0.39, 0.29) is 0 Å². The first-order chi connectivity index (χ1) is 7.73. The number of aliphatic hydroxyl groups is 6.